The molecule has 0 aliphatic rings. The molecule has 0 aliphatic carbocycles. The number of nitrogens with two attached hydrogens (primary N) is 1. The number of nitrogens with zero attached hydrogens (tertiary/aromatic N) is 1. The third kappa shape index (κ3) is 7.60. The van der Waals surface area contributed by atoms with Crippen LogP contribution < -0.4 is 10.5 Å². The maximum absolute atomic E-state index is 6.03. The van der Waals surface area contributed by atoms with Gasteiger partial charge in [0, 0.05) is 25.9 Å². The van der Waals surface area contributed by atoms with E-state index in [2.05, 4.69) is 47.2 Å². The van der Waals surface area contributed by atoms with Crippen molar-refractivity contribution in [1.82, 2.24) is 0 Å². The Morgan fingerprint density at radius 3 is 2.59 bits per heavy atom. The number of ether oxygens (including phenoxy) is 2. The zero-order valence-electron chi connectivity index (χ0n) is 14.1. The van der Waals surface area contributed by atoms with Crippen molar-refractivity contribution in [2.24, 2.45) is 4.99 Å². The van der Waals surface area contributed by atoms with Crippen molar-refractivity contribution < 1.29 is 9.47 Å². The Bertz CT molecular complexity index is 513. The number of rotatable bonds is 8. The van der Waals surface area contributed by atoms with Crippen molar-refractivity contribution in [2.45, 2.75) is 45.6 Å². The molecule has 0 saturated heterocycles. The highest BCUT2D eigenvalue weighted by molar-refractivity contribution is 14.1. The van der Waals surface area contributed by atoms with Gasteiger partial charge in [0.05, 0.1) is 6.10 Å². The number of halogens is 1. The second kappa shape index (κ2) is 8.88. The van der Waals surface area contributed by atoms with Crippen LogP contribution in [-0.4, -0.2) is 31.2 Å². The molecule has 1 aromatic carbocycles. The lowest BCUT2D eigenvalue weighted by molar-refractivity contribution is 0.156. The van der Waals surface area contributed by atoms with E-state index in [1.54, 1.807) is 0 Å². The van der Waals surface area contributed by atoms with Gasteiger partial charge in [0.25, 0.3) is 0 Å². The Hall–Kier alpha value is -0.603. The van der Waals surface area contributed by atoms with Crippen LogP contribution in [0.3, 0.4) is 0 Å². The molecular formula is C16H27IN2O2Si. The zero-order chi connectivity index (χ0) is 16.8. The van der Waals surface area contributed by atoms with E-state index in [1.807, 2.05) is 32.0 Å². The van der Waals surface area contributed by atoms with Gasteiger partial charge >= 0.3 is 0 Å². The summed E-state index contributed by atoms with van der Waals surface area (Å²) in [5.74, 6) is 0.809. The van der Waals surface area contributed by atoms with Gasteiger partial charge in [-0.2, -0.15) is 0 Å². The van der Waals surface area contributed by atoms with Crippen LogP contribution in [0.4, 0.5) is 5.69 Å². The summed E-state index contributed by atoms with van der Waals surface area (Å²) < 4.78 is 12.2. The van der Waals surface area contributed by atoms with Gasteiger partial charge in [-0.25, -0.2) is 0 Å². The minimum absolute atomic E-state index is 0.135. The van der Waals surface area contributed by atoms with E-state index in [1.165, 1.54) is 0 Å². The first kappa shape index (κ1) is 19.4. The van der Waals surface area contributed by atoms with Crippen molar-refractivity contribution >= 4 is 40.1 Å². The van der Waals surface area contributed by atoms with Gasteiger partial charge in [0.2, 0.25) is 0 Å². The Labute approximate surface area is 148 Å². The third-order valence-electron chi connectivity index (χ3n) is 2.91. The number of benzene rings is 1. The van der Waals surface area contributed by atoms with Crippen LogP contribution in [0.25, 0.3) is 0 Å². The molecule has 1 rings (SSSR count). The highest BCUT2D eigenvalue weighted by Gasteiger charge is 2.12. The fourth-order valence-corrected chi connectivity index (χ4v) is 3.05. The van der Waals surface area contributed by atoms with E-state index in [4.69, 9.17) is 15.2 Å². The summed E-state index contributed by atoms with van der Waals surface area (Å²) in [5, 5.41) is 0. The molecule has 0 radical (unpaired) electrons. The van der Waals surface area contributed by atoms with E-state index >= 15 is 0 Å². The SMILES string of the molecule is CC(C)Oc1ccc(N)c(C(I)=NCOCC[Si](C)(C)C)c1. The Kier molecular flexibility index (Phi) is 7.85. The summed E-state index contributed by atoms with van der Waals surface area (Å²) in [4.78, 5) is 4.46. The maximum Gasteiger partial charge on any atom is 0.138 e. The normalized spacial score (nSPS) is 12.8. The van der Waals surface area contributed by atoms with Gasteiger partial charge in [0.1, 0.15) is 16.2 Å². The van der Waals surface area contributed by atoms with E-state index in [9.17, 15) is 0 Å². The van der Waals surface area contributed by atoms with Crippen molar-refractivity contribution in [2.75, 3.05) is 19.1 Å². The predicted octanol–water partition coefficient (Wildman–Crippen LogP) is 4.55. The lowest BCUT2D eigenvalue weighted by atomic mass is 10.2. The first-order valence-corrected chi connectivity index (χ1v) is 12.3. The monoisotopic (exact) mass is 434 g/mol. The largest absolute Gasteiger partial charge is 0.491 e. The molecule has 0 fully saturated rings. The van der Waals surface area contributed by atoms with Crippen molar-refractivity contribution in [1.29, 1.82) is 0 Å². The topological polar surface area (TPSA) is 56.8 Å². The van der Waals surface area contributed by atoms with Crippen LogP contribution in [-0.2, 0) is 4.74 Å². The Morgan fingerprint density at radius 2 is 2.00 bits per heavy atom. The minimum atomic E-state index is -1.04. The number of anilines is 1. The highest BCUT2D eigenvalue weighted by atomic mass is 127. The van der Waals surface area contributed by atoms with Crippen LogP contribution in [0.2, 0.25) is 25.7 Å². The minimum Gasteiger partial charge on any atom is -0.491 e. The summed E-state index contributed by atoms with van der Waals surface area (Å²) in [6.45, 7) is 12.2. The molecule has 124 valence electrons. The lowest BCUT2D eigenvalue weighted by Gasteiger charge is -2.15. The molecular weight excluding hydrogens is 407 g/mol. The summed E-state index contributed by atoms with van der Waals surface area (Å²) >= 11 is 2.19. The molecule has 0 heterocycles. The lowest BCUT2D eigenvalue weighted by Crippen LogP contribution is -2.21. The van der Waals surface area contributed by atoms with Crippen molar-refractivity contribution in [3.05, 3.63) is 23.8 Å². The molecule has 0 saturated carbocycles. The summed E-state index contributed by atoms with van der Waals surface area (Å²) in [5.41, 5.74) is 7.63. The number of nitrogen functional groups attached to an aromatic ring is 1. The smallest absolute Gasteiger partial charge is 0.138 e. The van der Waals surface area contributed by atoms with Gasteiger partial charge in [-0.15, -0.1) is 0 Å². The van der Waals surface area contributed by atoms with Crippen molar-refractivity contribution in [3.8, 4) is 5.75 Å². The molecule has 22 heavy (non-hydrogen) atoms. The molecule has 1 aromatic rings. The second-order valence-electron chi connectivity index (χ2n) is 6.71. The molecule has 0 unspecified atom stereocenters. The quantitative estimate of drug-likeness (QED) is 0.215. The fourth-order valence-electron chi connectivity index (χ4n) is 1.69. The van der Waals surface area contributed by atoms with Crippen LogP contribution in [0.1, 0.15) is 19.4 Å². The first-order valence-electron chi connectivity index (χ1n) is 7.53. The van der Waals surface area contributed by atoms with Gasteiger partial charge in [-0.1, -0.05) is 19.6 Å². The van der Waals surface area contributed by atoms with E-state index in [-0.39, 0.29) is 6.10 Å². The van der Waals surface area contributed by atoms with E-state index in [0.717, 1.165) is 27.7 Å². The van der Waals surface area contributed by atoms with Gasteiger partial charge in [-0.3, -0.25) is 4.99 Å². The average Bonchev–Trinajstić information content (AvgIpc) is 2.38. The second-order valence-corrected chi connectivity index (χ2v) is 13.4. The predicted molar refractivity (Wildman–Crippen MR) is 106 cm³/mol. The molecule has 0 spiro atoms. The van der Waals surface area contributed by atoms with Crippen LogP contribution in [0.15, 0.2) is 23.2 Å². The number of hydrogen-bond donors (Lipinski definition) is 1. The Balaban J connectivity index is 2.63. The Morgan fingerprint density at radius 1 is 1.32 bits per heavy atom. The first-order chi connectivity index (χ1) is 10.2. The third-order valence-corrected chi connectivity index (χ3v) is 5.54. The van der Waals surface area contributed by atoms with Crippen LogP contribution in [0, 0.1) is 0 Å². The van der Waals surface area contributed by atoms with Gasteiger partial charge < -0.3 is 15.2 Å². The maximum atomic E-state index is 6.03. The van der Waals surface area contributed by atoms with E-state index in [0.29, 0.717) is 12.4 Å². The fraction of sp³-hybridized carbons (Fsp3) is 0.562. The molecule has 4 nitrogen and oxygen atoms in total. The summed E-state index contributed by atoms with van der Waals surface area (Å²) in [6.07, 6.45) is 0.135. The van der Waals surface area contributed by atoms with Gasteiger partial charge in [-0.05, 0) is 60.7 Å². The van der Waals surface area contributed by atoms with Crippen LogP contribution >= 0.6 is 22.6 Å². The molecule has 6 heteroatoms. The molecule has 0 atom stereocenters. The zero-order valence-corrected chi connectivity index (χ0v) is 17.3. The molecule has 0 aromatic heterocycles. The summed E-state index contributed by atoms with van der Waals surface area (Å²) in [6, 6.07) is 6.82. The standard InChI is InChI=1S/C16H27IN2O2Si/c1-12(2)21-13-6-7-15(18)14(10-13)16(17)19-11-20-8-9-22(3,4)5/h6-7,10,12H,8-9,11,18H2,1-5H3. The number of hydrogen-bond acceptors (Lipinski definition) is 4. The molecule has 0 bridgehead atoms. The average molecular weight is 434 g/mol. The number of aliphatic imine (C=N–C) groups is 1. The summed E-state index contributed by atoms with van der Waals surface area (Å²) in [7, 11) is -1.04. The van der Waals surface area contributed by atoms with E-state index < -0.39 is 8.07 Å². The van der Waals surface area contributed by atoms with Crippen LogP contribution in [0.5, 0.6) is 5.75 Å². The molecule has 2 N–H and O–H groups in total. The molecule has 0 aliphatic heterocycles. The van der Waals surface area contributed by atoms with Gasteiger partial charge in [0.15, 0.2) is 0 Å². The highest BCUT2D eigenvalue weighted by Crippen LogP contribution is 2.23. The molecule has 0 amide bonds. The van der Waals surface area contributed by atoms with Crippen molar-refractivity contribution in [3.63, 3.8) is 0 Å².